The van der Waals surface area contributed by atoms with Crippen LogP contribution in [-0.2, 0) is 0 Å². The Hall–Kier alpha value is -1.01. The molecule has 3 nitrogen and oxygen atoms in total. The molecule has 0 bridgehead atoms. The zero-order chi connectivity index (χ0) is 10.1. The number of nitrogens with two attached hydrogens (primary N) is 2. The number of anilines is 1. The van der Waals surface area contributed by atoms with Crippen LogP contribution >= 0.6 is 12.4 Å². The summed E-state index contributed by atoms with van der Waals surface area (Å²) in [7, 11) is 0. The predicted molar refractivity (Wildman–Crippen MR) is 48.9 cm³/mol. The van der Waals surface area contributed by atoms with Crippen molar-refractivity contribution in [1.82, 2.24) is 4.98 Å². The van der Waals surface area contributed by atoms with Gasteiger partial charge in [-0.2, -0.15) is 13.2 Å². The predicted octanol–water partition coefficient (Wildman–Crippen LogP) is 1.65. The lowest BCUT2D eigenvalue weighted by atomic mass is 10.1. The van der Waals surface area contributed by atoms with Crippen LogP contribution in [0, 0.1) is 0 Å². The van der Waals surface area contributed by atoms with Crippen molar-refractivity contribution in [3.63, 3.8) is 0 Å². The quantitative estimate of drug-likeness (QED) is 0.767. The zero-order valence-electron chi connectivity index (χ0n) is 6.95. The van der Waals surface area contributed by atoms with E-state index >= 15 is 0 Å². The monoisotopic (exact) mass is 227 g/mol. The molecule has 0 aliphatic heterocycles. The average molecular weight is 228 g/mol. The van der Waals surface area contributed by atoms with Crippen LogP contribution in [0.5, 0.6) is 0 Å². The highest BCUT2D eigenvalue weighted by Gasteiger charge is 2.38. The van der Waals surface area contributed by atoms with Crippen LogP contribution in [0.3, 0.4) is 0 Å². The highest BCUT2D eigenvalue weighted by atomic mass is 35.5. The summed E-state index contributed by atoms with van der Waals surface area (Å²) in [6.07, 6.45) is -3.18. The Labute approximate surface area is 84.7 Å². The van der Waals surface area contributed by atoms with Gasteiger partial charge in [0, 0.05) is 11.8 Å². The molecule has 1 rings (SSSR count). The highest BCUT2D eigenvalue weighted by Crippen LogP contribution is 2.32. The third-order valence-electron chi connectivity index (χ3n) is 1.56. The molecule has 0 aliphatic rings. The number of rotatable bonds is 1. The maximum absolute atomic E-state index is 12.1. The number of aromatic nitrogens is 1. The Morgan fingerprint density at radius 1 is 1.36 bits per heavy atom. The van der Waals surface area contributed by atoms with E-state index in [1.54, 1.807) is 0 Å². The van der Waals surface area contributed by atoms with Crippen molar-refractivity contribution in [2.24, 2.45) is 5.73 Å². The number of nitrogens with zero attached hydrogens (tertiary/aromatic N) is 1. The van der Waals surface area contributed by atoms with E-state index in [0.29, 0.717) is 0 Å². The van der Waals surface area contributed by atoms with Gasteiger partial charge in [0.2, 0.25) is 0 Å². The van der Waals surface area contributed by atoms with Crippen LogP contribution in [0.25, 0.3) is 0 Å². The van der Waals surface area contributed by atoms with Gasteiger partial charge >= 0.3 is 6.18 Å². The standard InChI is InChI=1S/C7H8F3N3.ClH/c8-7(9,10)5(11)4-2-1-3-13-6(4)12;/h1-3,5H,11H2,(H2,12,13);1H/t5-;/m0./s1. The number of nitrogen functional groups attached to an aromatic ring is 1. The second-order valence-corrected chi connectivity index (χ2v) is 2.50. The molecule has 0 aliphatic carbocycles. The van der Waals surface area contributed by atoms with Gasteiger partial charge in [-0.25, -0.2) is 4.98 Å². The molecule has 0 spiro atoms. The molecule has 7 heteroatoms. The minimum Gasteiger partial charge on any atom is -0.383 e. The molecule has 0 amide bonds. The van der Waals surface area contributed by atoms with E-state index in [0.717, 1.165) is 0 Å². The number of hydrogen-bond acceptors (Lipinski definition) is 3. The lowest BCUT2D eigenvalue weighted by Crippen LogP contribution is -2.29. The summed E-state index contributed by atoms with van der Waals surface area (Å²) < 4.78 is 36.3. The number of pyridine rings is 1. The summed E-state index contributed by atoms with van der Waals surface area (Å²) in [6.45, 7) is 0. The molecule has 1 aromatic rings. The molecule has 1 aromatic heterocycles. The topological polar surface area (TPSA) is 64.9 Å². The Morgan fingerprint density at radius 3 is 2.36 bits per heavy atom. The Kier molecular flexibility index (Phi) is 4.15. The Balaban J connectivity index is 0.00000169. The van der Waals surface area contributed by atoms with E-state index in [-0.39, 0.29) is 23.8 Å². The minimum absolute atomic E-state index is 0. The summed E-state index contributed by atoms with van der Waals surface area (Å²) in [6, 6.07) is 0.499. The average Bonchev–Trinajstić information content (AvgIpc) is 2.02. The maximum atomic E-state index is 12.1. The SMILES string of the molecule is Cl.Nc1ncccc1[C@H](N)C(F)(F)F. The van der Waals surface area contributed by atoms with Crippen molar-refractivity contribution in [1.29, 1.82) is 0 Å². The molecule has 0 saturated heterocycles. The van der Waals surface area contributed by atoms with Gasteiger partial charge in [-0.15, -0.1) is 12.4 Å². The van der Waals surface area contributed by atoms with Crippen LogP contribution in [0.2, 0.25) is 0 Å². The third-order valence-corrected chi connectivity index (χ3v) is 1.56. The van der Waals surface area contributed by atoms with Crippen LogP contribution in [0.4, 0.5) is 19.0 Å². The first-order valence-electron chi connectivity index (χ1n) is 3.45. The van der Waals surface area contributed by atoms with E-state index < -0.39 is 12.2 Å². The van der Waals surface area contributed by atoms with Crippen molar-refractivity contribution in [2.75, 3.05) is 5.73 Å². The largest absolute Gasteiger partial charge is 0.407 e. The second kappa shape index (κ2) is 4.47. The molecular formula is C7H9ClF3N3. The molecule has 0 aromatic carbocycles. The molecule has 14 heavy (non-hydrogen) atoms. The highest BCUT2D eigenvalue weighted by molar-refractivity contribution is 5.85. The summed E-state index contributed by atoms with van der Waals surface area (Å²) >= 11 is 0. The van der Waals surface area contributed by atoms with Crippen LogP contribution in [0.15, 0.2) is 18.3 Å². The van der Waals surface area contributed by atoms with Crippen LogP contribution < -0.4 is 11.5 Å². The molecule has 80 valence electrons. The molecular weight excluding hydrogens is 219 g/mol. The summed E-state index contributed by atoms with van der Waals surface area (Å²) in [5.41, 5.74) is 9.96. The second-order valence-electron chi connectivity index (χ2n) is 2.50. The number of hydrogen-bond donors (Lipinski definition) is 2. The molecule has 0 saturated carbocycles. The van der Waals surface area contributed by atoms with Crippen LogP contribution in [0.1, 0.15) is 11.6 Å². The normalized spacial score (nSPS) is 13.1. The van der Waals surface area contributed by atoms with E-state index in [4.69, 9.17) is 11.5 Å². The molecule has 1 heterocycles. The summed E-state index contributed by atoms with van der Waals surface area (Å²) in [5.74, 6) is -0.188. The summed E-state index contributed by atoms with van der Waals surface area (Å²) in [4.78, 5) is 3.51. The lowest BCUT2D eigenvalue weighted by Gasteiger charge is -2.16. The minimum atomic E-state index is -4.49. The fourth-order valence-electron chi connectivity index (χ4n) is 0.869. The van der Waals surface area contributed by atoms with E-state index in [1.165, 1.54) is 18.3 Å². The molecule has 0 radical (unpaired) electrons. The Morgan fingerprint density at radius 2 is 1.93 bits per heavy atom. The molecule has 4 N–H and O–H groups in total. The molecule has 1 atom stereocenters. The molecule has 0 fully saturated rings. The van der Waals surface area contributed by atoms with Gasteiger partial charge in [0.1, 0.15) is 11.9 Å². The first-order valence-corrected chi connectivity index (χ1v) is 3.45. The Bertz CT molecular complexity index is 302. The van der Waals surface area contributed by atoms with Crippen molar-refractivity contribution >= 4 is 18.2 Å². The fraction of sp³-hybridized carbons (Fsp3) is 0.286. The van der Waals surface area contributed by atoms with Gasteiger partial charge in [0.25, 0.3) is 0 Å². The maximum Gasteiger partial charge on any atom is 0.407 e. The van der Waals surface area contributed by atoms with E-state index in [1.807, 2.05) is 0 Å². The lowest BCUT2D eigenvalue weighted by molar-refractivity contribution is -0.149. The third kappa shape index (κ3) is 2.74. The smallest absolute Gasteiger partial charge is 0.383 e. The molecule has 0 unspecified atom stereocenters. The first kappa shape index (κ1) is 13.0. The van der Waals surface area contributed by atoms with Crippen molar-refractivity contribution < 1.29 is 13.2 Å². The van der Waals surface area contributed by atoms with Crippen molar-refractivity contribution in [2.45, 2.75) is 12.2 Å². The van der Waals surface area contributed by atoms with E-state index in [2.05, 4.69) is 4.98 Å². The zero-order valence-corrected chi connectivity index (χ0v) is 7.77. The number of alkyl halides is 3. The van der Waals surface area contributed by atoms with Gasteiger partial charge in [-0.05, 0) is 6.07 Å². The fourth-order valence-corrected chi connectivity index (χ4v) is 0.869. The van der Waals surface area contributed by atoms with Crippen molar-refractivity contribution in [3.8, 4) is 0 Å². The number of halogens is 4. The van der Waals surface area contributed by atoms with Gasteiger partial charge < -0.3 is 11.5 Å². The van der Waals surface area contributed by atoms with Gasteiger partial charge in [-0.1, -0.05) is 6.07 Å². The van der Waals surface area contributed by atoms with E-state index in [9.17, 15) is 13.2 Å². The van der Waals surface area contributed by atoms with Gasteiger partial charge in [0.05, 0.1) is 0 Å². The van der Waals surface area contributed by atoms with Crippen molar-refractivity contribution in [3.05, 3.63) is 23.9 Å². The van der Waals surface area contributed by atoms with Gasteiger partial charge in [-0.3, -0.25) is 0 Å². The van der Waals surface area contributed by atoms with Gasteiger partial charge in [0.15, 0.2) is 0 Å². The van der Waals surface area contributed by atoms with Crippen LogP contribution in [-0.4, -0.2) is 11.2 Å². The summed E-state index contributed by atoms with van der Waals surface area (Å²) in [5, 5.41) is 0. The first-order chi connectivity index (χ1) is 5.93.